The van der Waals surface area contributed by atoms with E-state index < -0.39 is 6.04 Å². The van der Waals surface area contributed by atoms with Crippen molar-refractivity contribution in [1.29, 1.82) is 0 Å². The van der Waals surface area contributed by atoms with Gasteiger partial charge in [0.25, 0.3) is 0 Å². The van der Waals surface area contributed by atoms with Gasteiger partial charge >= 0.3 is 0 Å². The number of phenolic OH excluding ortho intramolecular Hbond substituents is 1. The van der Waals surface area contributed by atoms with E-state index in [1.807, 2.05) is 19.9 Å². The van der Waals surface area contributed by atoms with Crippen molar-refractivity contribution in [3.63, 3.8) is 0 Å². The van der Waals surface area contributed by atoms with Gasteiger partial charge in [0, 0.05) is 6.54 Å². The van der Waals surface area contributed by atoms with Crippen molar-refractivity contribution in [1.82, 2.24) is 5.32 Å². The third-order valence-corrected chi connectivity index (χ3v) is 2.64. The number of hydrogen-bond acceptors (Lipinski definition) is 3. The molecule has 0 bridgehead atoms. The van der Waals surface area contributed by atoms with Crippen molar-refractivity contribution in [2.45, 2.75) is 26.3 Å². The van der Waals surface area contributed by atoms with Crippen LogP contribution in [0.2, 0.25) is 0 Å². The predicted octanol–water partition coefficient (Wildman–Crippen LogP) is 1.03. The average molecular weight is 236 g/mol. The molecule has 1 atom stereocenters. The van der Waals surface area contributed by atoms with Gasteiger partial charge in [0.05, 0.1) is 6.04 Å². The second-order valence-corrected chi connectivity index (χ2v) is 4.48. The number of nitrogens with one attached hydrogen (secondary N) is 1. The molecule has 0 aliphatic carbocycles. The lowest BCUT2D eigenvalue weighted by Gasteiger charge is -2.15. The molecule has 1 aromatic carbocycles. The fourth-order valence-electron chi connectivity index (χ4n) is 1.46. The first-order chi connectivity index (χ1) is 8.00. The minimum atomic E-state index is -0.459. The molecule has 0 saturated heterocycles. The lowest BCUT2D eigenvalue weighted by atomic mass is 10.0. The van der Waals surface area contributed by atoms with Crippen molar-refractivity contribution >= 4 is 5.91 Å². The van der Waals surface area contributed by atoms with Gasteiger partial charge in [0.15, 0.2) is 0 Å². The summed E-state index contributed by atoms with van der Waals surface area (Å²) in [5, 5.41) is 12.1. The van der Waals surface area contributed by atoms with Gasteiger partial charge in [0.1, 0.15) is 5.75 Å². The smallest absolute Gasteiger partial charge is 0.237 e. The molecule has 0 heterocycles. The SMILES string of the molecule is CC(C)C(N)C(=O)NCCc1cccc(O)c1. The Morgan fingerprint density at radius 2 is 2.18 bits per heavy atom. The van der Waals surface area contributed by atoms with Crippen LogP contribution >= 0.6 is 0 Å². The summed E-state index contributed by atoms with van der Waals surface area (Å²) in [4.78, 5) is 11.6. The van der Waals surface area contributed by atoms with Crippen LogP contribution in [0.5, 0.6) is 5.75 Å². The predicted molar refractivity (Wildman–Crippen MR) is 67.6 cm³/mol. The summed E-state index contributed by atoms with van der Waals surface area (Å²) in [6.07, 6.45) is 0.685. The Morgan fingerprint density at radius 3 is 2.76 bits per heavy atom. The minimum Gasteiger partial charge on any atom is -0.508 e. The highest BCUT2D eigenvalue weighted by molar-refractivity contribution is 5.81. The highest BCUT2D eigenvalue weighted by Crippen LogP contribution is 2.10. The van der Waals surface area contributed by atoms with Gasteiger partial charge in [-0.2, -0.15) is 0 Å². The highest BCUT2D eigenvalue weighted by atomic mass is 16.3. The first-order valence-electron chi connectivity index (χ1n) is 5.82. The molecule has 17 heavy (non-hydrogen) atoms. The summed E-state index contributed by atoms with van der Waals surface area (Å²) in [6, 6.07) is 6.55. The second kappa shape index (κ2) is 6.25. The molecule has 0 radical (unpaired) electrons. The molecule has 1 aromatic rings. The van der Waals surface area contributed by atoms with Crippen LogP contribution in [-0.2, 0) is 11.2 Å². The summed E-state index contributed by atoms with van der Waals surface area (Å²) < 4.78 is 0. The normalized spacial score (nSPS) is 12.5. The Hall–Kier alpha value is -1.55. The Bertz CT molecular complexity index is 377. The number of rotatable bonds is 5. The standard InChI is InChI=1S/C13H20N2O2/c1-9(2)12(14)13(17)15-7-6-10-4-3-5-11(16)8-10/h3-5,8-9,12,16H,6-7,14H2,1-2H3,(H,15,17). The molecule has 1 unspecified atom stereocenters. The molecular weight excluding hydrogens is 216 g/mol. The van der Waals surface area contributed by atoms with Crippen molar-refractivity contribution in [3.8, 4) is 5.75 Å². The van der Waals surface area contributed by atoms with Crippen molar-refractivity contribution in [2.75, 3.05) is 6.54 Å². The van der Waals surface area contributed by atoms with E-state index in [0.717, 1.165) is 5.56 Å². The van der Waals surface area contributed by atoms with Crippen LogP contribution < -0.4 is 11.1 Å². The fourth-order valence-corrected chi connectivity index (χ4v) is 1.46. The van der Waals surface area contributed by atoms with Crippen LogP contribution in [0.1, 0.15) is 19.4 Å². The molecule has 0 aliphatic rings. The maximum absolute atomic E-state index is 11.6. The molecular formula is C13H20N2O2. The number of hydrogen-bond donors (Lipinski definition) is 3. The fraction of sp³-hybridized carbons (Fsp3) is 0.462. The first-order valence-corrected chi connectivity index (χ1v) is 5.82. The van der Waals surface area contributed by atoms with Crippen LogP contribution in [0.25, 0.3) is 0 Å². The summed E-state index contributed by atoms with van der Waals surface area (Å²) in [5.74, 6) is 0.253. The van der Waals surface area contributed by atoms with E-state index in [-0.39, 0.29) is 17.6 Å². The monoisotopic (exact) mass is 236 g/mol. The number of carbonyl (C=O) groups is 1. The largest absolute Gasteiger partial charge is 0.508 e. The van der Waals surface area contributed by atoms with Crippen LogP contribution in [0.15, 0.2) is 24.3 Å². The zero-order valence-corrected chi connectivity index (χ0v) is 10.3. The van der Waals surface area contributed by atoms with Crippen LogP contribution in [0, 0.1) is 5.92 Å². The van der Waals surface area contributed by atoms with Gasteiger partial charge in [-0.25, -0.2) is 0 Å². The Labute approximate surface area is 102 Å². The van der Waals surface area contributed by atoms with E-state index in [9.17, 15) is 9.90 Å². The van der Waals surface area contributed by atoms with E-state index in [1.165, 1.54) is 0 Å². The van der Waals surface area contributed by atoms with Crippen molar-refractivity contribution in [3.05, 3.63) is 29.8 Å². The molecule has 1 amide bonds. The molecule has 4 N–H and O–H groups in total. The average Bonchev–Trinajstić information content (AvgIpc) is 2.27. The Morgan fingerprint density at radius 1 is 1.47 bits per heavy atom. The molecule has 0 aliphatic heterocycles. The number of phenols is 1. The van der Waals surface area contributed by atoms with Gasteiger partial charge in [0.2, 0.25) is 5.91 Å². The zero-order valence-electron chi connectivity index (χ0n) is 10.3. The summed E-state index contributed by atoms with van der Waals surface area (Å²) >= 11 is 0. The van der Waals surface area contributed by atoms with E-state index in [2.05, 4.69) is 5.32 Å². The number of carbonyl (C=O) groups excluding carboxylic acids is 1. The molecule has 0 aromatic heterocycles. The number of amides is 1. The summed E-state index contributed by atoms with van der Waals surface area (Å²) in [7, 11) is 0. The van der Waals surface area contributed by atoms with Crippen LogP contribution in [0.3, 0.4) is 0 Å². The lowest BCUT2D eigenvalue weighted by molar-refractivity contribution is -0.123. The van der Waals surface area contributed by atoms with Gasteiger partial charge < -0.3 is 16.2 Å². The van der Waals surface area contributed by atoms with Gasteiger partial charge in [-0.05, 0) is 30.0 Å². The topological polar surface area (TPSA) is 75.4 Å². The lowest BCUT2D eigenvalue weighted by Crippen LogP contribution is -2.44. The number of nitrogens with two attached hydrogens (primary N) is 1. The molecule has 1 rings (SSSR count). The highest BCUT2D eigenvalue weighted by Gasteiger charge is 2.16. The van der Waals surface area contributed by atoms with E-state index >= 15 is 0 Å². The van der Waals surface area contributed by atoms with E-state index in [0.29, 0.717) is 13.0 Å². The molecule has 4 nitrogen and oxygen atoms in total. The quantitative estimate of drug-likeness (QED) is 0.715. The number of aromatic hydroxyl groups is 1. The van der Waals surface area contributed by atoms with Crippen LogP contribution in [0.4, 0.5) is 0 Å². The summed E-state index contributed by atoms with van der Waals surface area (Å²) in [6.45, 7) is 4.36. The molecule has 0 spiro atoms. The molecule has 0 saturated carbocycles. The first kappa shape index (κ1) is 13.5. The number of benzene rings is 1. The Balaban J connectivity index is 2.35. The summed E-state index contributed by atoms with van der Waals surface area (Å²) in [5.41, 5.74) is 6.70. The van der Waals surface area contributed by atoms with E-state index in [1.54, 1.807) is 18.2 Å². The second-order valence-electron chi connectivity index (χ2n) is 4.48. The third kappa shape index (κ3) is 4.44. The maximum Gasteiger partial charge on any atom is 0.237 e. The third-order valence-electron chi connectivity index (χ3n) is 2.64. The van der Waals surface area contributed by atoms with Crippen LogP contribution in [-0.4, -0.2) is 23.6 Å². The Kier molecular flexibility index (Phi) is 4.97. The molecule has 0 fully saturated rings. The van der Waals surface area contributed by atoms with E-state index in [4.69, 9.17) is 5.73 Å². The van der Waals surface area contributed by atoms with Gasteiger partial charge in [-0.15, -0.1) is 0 Å². The van der Waals surface area contributed by atoms with Crippen molar-refractivity contribution in [2.24, 2.45) is 11.7 Å². The minimum absolute atomic E-state index is 0.125. The zero-order chi connectivity index (χ0) is 12.8. The van der Waals surface area contributed by atoms with Gasteiger partial charge in [-0.1, -0.05) is 26.0 Å². The maximum atomic E-state index is 11.6. The molecule has 94 valence electrons. The molecule has 4 heteroatoms. The van der Waals surface area contributed by atoms with Crippen molar-refractivity contribution < 1.29 is 9.90 Å². The van der Waals surface area contributed by atoms with Gasteiger partial charge in [-0.3, -0.25) is 4.79 Å².